The van der Waals surface area contributed by atoms with E-state index in [1.165, 1.54) is 24.3 Å². The van der Waals surface area contributed by atoms with Crippen LogP contribution in [0.1, 0.15) is 12.0 Å². The number of ether oxygens (including phenoxy) is 1. The molecule has 42 heavy (non-hydrogen) atoms. The molecule has 222 valence electrons. The van der Waals surface area contributed by atoms with Crippen molar-refractivity contribution in [2.75, 3.05) is 43.1 Å². The molecule has 13 heteroatoms. The van der Waals surface area contributed by atoms with Crippen LogP contribution >= 0.6 is 0 Å². The monoisotopic (exact) mass is 602 g/mol. The number of halogens is 3. The maximum atomic E-state index is 13.2. The first-order valence-electron chi connectivity index (χ1n) is 13.3. The van der Waals surface area contributed by atoms with Crippen LogP contribution in [0.3, 0.4) is 0 Å². The molecule has 3 aromatic carbocycles. The quantitative estimate of drug-likeness (QED) is 0.245. The molecule has 0 spiro atoms. The van der Waals surface area contributed by atoms with Gasteiger partial charge in [0.05, 0.1) is 35.7 Å². The Bertz CT molecular complexity index is 1620. The van der Waals surface area contributed by atoms with Crippen LogP contribution in [0.25, 0.3) is 22.4 Å². The van der Waals surface area contributed by atoms with E-state index in [0.29, 0.717) is 50.8 Å². The standard InChI is InChI=1S/C29H29F3N4O5S/c30-29(31,32)28(37)41-36(42(38,39)20-6-15-34-16-18-40-19-17-34)24-13-11-23(12-14-24)27-33-25-9-4-5-10-26(25)35(27)21-22-7-2-1-3-8-22/h1-5,7-14H,6,15-21H2. The van der Waals surface area contributed by atoms with E-state index in [4.69, 9.17) is 9.72 Å². The molecule has 0 radical (unpaired) electrons. The number of anilines is 1. The van der Waals surface area contributed by atoms with Crippen LogP contribution in [-0.4, -0.2) is 73.6 Å². The summed E-state index contributed by atoms with van der Waals surface area (Å²) in [6.45, 7) is 3.21. The number of hydrogen-bond acceptors (Lipinski definition) is 7. The van der Waals surface area contributed by atoms with E-state index in [1.807, 2.05) is 64.1 Å². The normalized spacial score (nSPS) is 14.6. The highest BCUT2D eigenvalue weighted by Crippen LogP contribution is 2.30. The molecule has 0 aliphatic carbocycles. The smallest absolute Gasteiger partial charge is 0.379 e. The number of imidazole rings is 1. The van der Waals surface area contributed by atoms with Crippen molar-refractivity contribution < 1.29 is 36.0 Å². The van der Waals surface area contributed by atoms with Gasteiger partial charge in [0.2, 0.25) is 0 Å². The number of alkyl halides is 3. The minimum absolute atomic E-state index is 0.0683. The molecule has 4 aromatic rings. The molecule has 0 amide bonds. The lowest BCUT2D eigenvalue weighted by Crippen LogP contribution is -2.41. The average Bonchev–Trinajstić information content (AvgIpc) is 3.34. The lowest BCUT2D eigenvalue weighted by atomic mass is 10.2. The number of carbonyl (C=O) groups is 1. The zero-order valence-corrected chi connectivity index (χ0v) is 23.4. The predicted octanol–water partition coefficient (Wildman–Crippen LogP) is 4.63. The van der Waals surface area contributed by atoms with Crippen LogP contribution in [0.4, 0.5) is 18.9 Å². The summed E-state index contributed by atoms with van der Waals surface area (Å²) in [6.07, 6.45) is -5.26. The van der Waals surface area contributed by atoms with Crippen molar-refractivity contribution in [3.63, 3.8) is 0 Å². The van der Waals surface area contributed by atoms with Crippen LogP contribution in [0.2, 0.25) is 0 Å². The number of hydrogen-bond donors (Lipinski definition) is 0. The Morgan fingerprint density at radius 1 is 0.952 bits per heavy atom. The molecule has 1 aromatic heterocycles. The van der Waals surface area contributed by atoms with Crippen molar-refractivity contribution in [2.24, 2.45) is 0 Å². The Labute approximate surface area is 241 Å². The minimum Gasteiger partial charge on any atom is -0.379 e. The van der Waals surface area contributed by atoms with Gasteiger partial charge < -0.3 is 14.1 Å². The second kappa shape index (κ2) is 12.5. The molecular weight excluding hydrogens is 573 g/mol. The van der Waals surface area contributed by atoms with Gasteiger partial charge in [0.15, 0.2) is 0 Å². The van der Waals surface area contributed by atoms with Gasteiger partial charge in [0.25, 0.3) is 10.0 Å². The third-order valence-electron chi connectivity index (χ3n) is 6.80. The van der Waals surface area contributed by atoms with Crippen molar-refractivity contribution in [1.29, 1.82) is 0 Å². The van der Waals surface area contributed by atoms with Crippen LogP contribution < -0.4 is 4.47 Å². The number of aromatic nitrogens is 2. The van der Waals surface area contributed by atoms with Crippen LogP contribution in [-0.2, 0) is 30.9 Å². The fourth-order valence-corrected chi connectivity index (χ4v) is 6.01. The Balaban J connectivity index is 1.43. The Morgan fingerprint density at radius 2 is 1.62 bits per heavy atom. The van der Waals surface area contributed by atoms with Gasteiger partial charge in [-0.25, -0.2) is 18.2 Å². The molecule has 5 rings (SSSR count). The molecule has 0 saturated carbocycles. The molecule has 1 aliphatic rings. The number of carbonyl (C=O) groups excluding carboxylic acids is 1. The average molecular weight is 603 g/mol. The molecule has 9 nitrogen and oxygen atoms in total. The maximum absolute atomic E-state index is 13.2. The third-order valence-corrected chi connectivity index (χ3v) is 8.40. The first kappa shape index (κ1) is 29.5. The summed E-state index contributed by atoms with van der Waals surface area (Å²) in [6, 6.07) is 23.0. The van der Waals surface area contributed by atoms with E-state index >= 15 is 0 Å². The number of fused-ring (bicyclic) bond motifs is 1. The largest absolute Gasteiger partial charge is 0.493 e. The summed E-state index contributed by atoms with van der Waals surface area (Å²) >= 11 is 0. The van der Waals surface area contributed by atoms with Gasteiger partial charge >= 0.3 is 12.1 Å². The van der Waals surface area contributed by atoms with Crippen LogP contribution in [0.5, 0.6) is 0 Å². The summed E-state index contributed by atoms with van der Waals surface area (Å²) in [5.74, 6) is -2.57. The van der Waals surface area contributed by atoms with E-state index in [9.17, 15) is 26.4 Å². The van der Waals surface area contributed by atoms with Gasteiger partial charge in [-0.2, -0.15) is 13.2 Å². The Hall–Kier alpha value is -3.94. The molecule has 0 unspecified atom stereocenters. The number of benzene rings is 3. The van der Waals surface area contributed by atoms with Gasteiger partial charge in [0, 0.05) is 25.2 Å². The van der Waals surface area contributed by atoms with Gasteiger partial charge in [-0.3, -0.25) is 4.90 Å². The lowest BCUT2D eigenvalue weighted by molar-refractivity contribution is -0.199. The molecule has 0 bridgehead atoms. The van der Waals surface area contributed by atoms with Crippen molar-refractivity contribution in [3.8, 4) is 11.4 Å². The number of nitrogens with zero attached hydrogens (tertiary/aromatic N) is 4. The number of rotatable bonds is 10. The molecule has 2 heterocycles. The minimum atomic E-state index is -5.39. The summed E-state index contributed by atoms with van der Waals surface area (Å²) in [5, 5.41) is 0. The Morgan fingerprint density at radius 3 is 2.31 bits per heavy atom. The summed E-state index contributed by atoms with van der Waals surface area (Å²) in [7, 11) is -4.47. The molecule has 1 saturated heterocycles. The van der Waals surface area contributed by atoms with E-state index in [-0.39, 0.29) is 16.6 Å². The first-order chi connectivity index (χ1) is 20.1. The zero-order valence-electron chi connectivity index (χ0n) is 22.5. The summed E-state index contributed by atoms with van der Waals surface area (Å²) < 4.78 is 73.0. The summed E-state index contributed by atoms with van der Waals surface area (Å²) in [5.41, 5.74) is 3.01. The SMILES string of the molecule is O=C(ON(c1ccc(-c2nc3ccccc3n2Cc2ccccc2)cc1)S(=O)(=O)CCCN1CCOCC1)C(F)(F)F. The van der Waals surface area contributed by atoms with E-state index in [2.05, 4.69) is 4.84 Å². The number of sulfonamides is 1. The van der Waals surface area contributed by atoms with Gasteiger partial charge in [-0.15, -0.1) is 0 Å². The maximum Gasteiger partial charge on any atom is 0.493 e. The van der Waals surface area contributed by atoms with Gasteiger partial charge in [-0.1, -0.05) is 46.9 Å². The number of para-hydroxylation sites is 2. The Kier molecular flexibility index (Phi) is 8.80. The second-order valence-corrected chi connectivity index (χ2v) is 11.7. The second-order valence-electron chi connectivity index (χ2n) is 9.77. The molecule has 1 fully saturated rings. The molecule has 0 atom stereocenters. The molecular formula is C29H29F3N4O5S. The van der Waals surface area contributed by atoms with E-state index in [0.717, 1.165) is 16.6 Å². The van der Waals surface area contributed by atoms with Crippen molar-refractivity contribution >= 4 is 32.7 Å². The highest BCUT2D eigenvalue weighted by atomic mass is 32.2. The molecule has 0 N–H and O–H groups in total. The first-order valence-corrected chi connectivity index (χ1v) is 14.9. The van der Waals surface area contributed by atoms with Crippen molar-refractivity contribution in [2.45, 2.75) is 19.1 Å². The van der Waals surface area contributed by atoms with Gasteiger partial charge in [-0.05, 0) is 54.9 Å². The van der Waals surface area contributed by atoms with Crippen molar-refractivity contribution in [3.05, 3.63) is 84.4 Å². The fourth-order valence-electron chi connectivity index (χ4n) is 4.73. The molecule has 1 aliphatic heterocycles. The summed E-state index contributed by atoms with van der Waals surface area (Å²) in [4.78, 5) is 22.9. The lowest BCUT2D eigenvalue weighted by Gasteiger charge is -2.27. The van der Waals surface area contributed by atoms with E-state index in [1.54, 1.807) is 0 Å². The van der Waals surface area contributed by atoms with Crippen LogP contribution in [0.15, 0.2) is 78.9 Å². The van der Waals surface area contributed by atoms with Crippen LogP contribution in [0, 0.1) is 0 Å². The topological polar surface area (TPSA) is 94.0 Å². The highest BCUT2D eigenvalue weighted by molar-refractivity contribution is 7.92. The fraction of sp³-hybridized carbons (Fsp3) is 0.310. The predicted molar refractivity (Wildman–Crippen MR) is 151 cm³/mol. The van der Waals surface area contributed by atoms with Gasteiger partial charge in [0.1, 0.15) is 5.82 Å². The van der Waals surface area contributed by atoms with Crippen molar-refractivity contribution in [1.82, 2.24) is 14.5 Å². The van der Waals surface area contributed by atoms with E-state index < -0.39 is 27.9 Å². The zero-order chi connectivity index (χ0) is 29.7. The highest BCUT2D eigenvalue weighted by Gasteiger charge is 2.44. The number of morpholine rings is 1. The third kappa shape index (κ3) is 6.92.